The van der Waals surface area contributed by atoms with E-state index in [0.29, 0.717) is 12.8 Å². The fourth-order valence-electron chi connectivity index (χ4n) is 1.46. The highest BCUT2D eigenvalue weighted by Crippen LogP contribution is 2.30. The molecule has 0 atom stereocenters. The van der Waals surface area contributed by atoms with Crippen molar-refractivity contribution in [3.8, 4) is 0 Å². The van der Waals surface area contributed by atoms with Crippen molar-refractivity contribution < 1.29 is 31.5 Å². The van der Waals surface area contributed by atoms with Crippen molar-refractivity contribution in [3.63, 3.8) is 0 Å². The van der Waals surface area contributed by atoms with Crippen molar-refractivity contribution in [2.75, 3.05) is 0 Å². The lowest BCUT2D eigenvalue weighted by Gasteiger charge is -2.10. The Hall–Kier alpha value is -1.40. The van der Waals surface area contributed by atoms with Gasteiger partial charge in [0.1, 0.15) is 0 Å². The quantitative estimate of drug-likeness (QED) is 0.194. The largest absolute Gasteiger partial charge is 0.455 e. The number of halogens is 5. The van der Waals surface area contributed by atoms with E-state index in [-0.39, 0.29) is 6.42 Å². The monoisotopic (exact) mass is 300 g/mol. The summed E-state index contributed by atoms with van der Waals surface area (Å²) >= 11 is 0. The standard InChI is InChI=1S/C13H17F5O2/c1-2-3-4-5-6-7-8-9-10(19)20-11(12(14)15)13(16,17)18/h2H,1,3-9H2. The molecule has 0 rings (SSSR count). The Bertz CT molecular complexity index is 343. The highest BCUT2D eigenvalue weighted by molar-refractivity contribution is 5.70. The van der Waals surface area contributed by atoms with Crippen LogP contribution in [-0.2, 0) is 9.53 Å². The Kier molecular flexibility index (Phi) is 8.83. The molecule has 0 spiro atoms. The highest BCUT2D eigenvalue weighted by atomic mass is 19.4. The van der Waals surface area contributed by atoms with Gasteiger partial charge in [-0.3, -0.25) is 4.79 Å². The van der Waals surface area contributed by atoms with Gasteiger partial charge in [-0.2, -0.15) is 22.0 Å². The highest BCUT2D eigenvalue weighted by Gasteiger charge is 2.41. The third-order valence-electron chi connectivity index (χ3n) is 2.43. The predicted molar refractivity (Wildman–Crippen MR) is 63.9 cm³/mol. The fourth-order valence-corrected chi connectivity index (χ4v) is 1.46. The zero-order valence-corrected chi connectivity index (χ0v) is 10.9. The van der Waals surface area contributed by atoms with Gasteiger partial charge in [-0.1, -0.05) is 25.3 Å². The van der Waals surface area contributed by atoms with Crippen LogP contribution in [0.3, 0.4) is 0 Å². The minimum Gasteiger partial charge on any atom is -0.415 e. The van der Waals surface area contributed by atoms with Crippen molar-refractivity contribution >= 4 is 5.97 Å². The van der Waals surface area contributed by atoms with Crippen LogP contribution in [0.4, 0.5) is 22.0 Å². The topological polar surface area (TPSA) is 26.3 Å². The van der Waals surface area contributed by atoms with Crippen LogP contribution >= 0.6 is 0 Å². The number of hydrogen-bond acceptors (Lipinski definition) is 2. The number of unbranched alkanes of at least 4 members (excludes halogenated alkanes) is 5. The average molecular weight is 300 g/mol. The smallest absolute Gasteiger partial charge is 0.415 e. The fraction of sp³-hybridized carbons (Fsp3) is 0.615. The zero-order valence-electron chi connectivity index (χ0n) is 10.9. The first-order chi connectivity index (χ1) is 9.29. The van der Waals surface area contributed by atoms with E-state index in [1.165, 1.54) is 0 Å². The molecule has 0 aromatic rings. The first kappa shape index (κ1) is 18.6. The van der Waals surface area contributed by atoms with E-state index in [1.807, 2.05) is 0 Å². The first-order valence-electron chi connectivity index (χ1n) is 6.23. The molecule has 0 unspecified atom stereocenters. The maximum Gasteiger partial charge on any atom is 0.455 e. The van der Waals surface area contributed by atoms with Gasteiger partial charge in [-0.15, -0.1) is 6.58 Å². The van der Waals surface area contributed by atoms with Gasteiger partial charge in [0, 0.05) is 6.42 Å². The summed E-state index contributed by atoms with van der Waals surface area (Å²) < 4.78 is 63.9. The maximum absolute atomic E-state index is 12.1. The van der Waals surface area contributed by atoms with E-state index in [1.54, 1.807) is 6.08 Å². The molecule has 0 fully saturated rings. The number of alkyl halides is 3. The molecule has 7 heteroatoms. The molecule has 0 saturated heterocycles. The molecule has 0 saturated carbocycles. The van der Waals surface area contributed by atoms with Crippen LogP contribution in [0.15, 0.2) is 24.5 Å². The van der Waals surface area contributed by atoms with E-state index in [2.05, 4.69) is 11.3 Å². The van der Waals surface area contributed by atoms with Crippen molar-refractivity contribution in [3.05, 3.63) is 24.5 Å². The second kappa shape index (κ2) is 9.50. The summed E-state index contributed by atoms with van der Waals surface area (Å²) in [6.45, 7) is 3.56. The molecule has 0 bridgehead atoms. The molecular formula is C13H17F5O2. The Balaban J connectivity index is 3.94. The second-order valence-corrected chi connectivity index (χ2v) is 4.16. The summed E-state index contributed by atoms with van der Waals surface area (Å²) in [6.07, 6.45) is -2.40. The number of esters is 1. The third-order valence-corrected chi connectivity index (χ3v) is 2.43. The SMILES string of the molecule is C=CCCCCCCCC(=O)OC(=C(F)F)C(F)(F)F. The first-order valence-corrected chi connectivity index (χ1v) is 6.23. The third kappa shape index (κ3) is 8.66. The number of carbonyl (C=O) groups is 1. The summed E-state index contributed by atoms with van der Waals surface area (Å²) in [7, 11) is 0. The van der Waals surface area contributed by atoms with Crippen LogP contribution in [-0.4, -0.2) is 12.1 Å². The van der Waals surface area contributed by atoms with Gasteiger partial charge in [-0.25, -0.2) is 0 Å². The number of allylic oxidation sites excluding steroid dienone is 2. The van der Waals surface area contributed by atoms with Gasteiger partial charge in [0.15, 0.2) is 0 Å². The van der Waals surface area contributed by atoms with Gasteiger partial charge >= 0.3 is 18.2 Å². The summed E-state index contributed by atoms with van der Waals surface area (Å²) in [6, 6.07) is 0. The van der Waals surface area contributed by atoms with Crippen molar-refractivity contribution in [2.24, 2.45) is 0 Å². The van der Waals surface area contributed by atoms with Crippen LogP contribution in [0.25, 0.3) is 0 Å². The van der Waals surface area contributed by atoms with Crippen LogP contribution in [0.1, 0.15) is 44.9 Å². The summed E-state index contributed by atoms with van der Waals surface area (Å²) in [5.74, 6) is -3.82. The van der Waals surface area contributed by atoms with E-state index in [4.69, 9.17) is 0 Å². The van der Waals surface area contributed by atoms with Crippen molar-refractivity contribution in [2.45, 2.75) is 51.1 Å². The minimum absolute atomic E-state index is 0.311. The summed E-state index contributed by atoms with van der Waals surface area (Å²) in [5, 5.41) is 0. The Labute approximate surface area is 114 Å². The zero-order chi connectivity index (χ0) is 15.6. The van der Waals surface area contributed by atoms with Crippen molar-refractivity contribution in [1.29, 1.82) is 0 Å². The normalized spacial score (nSPS) is 11.1. The van der Waals surface area contributed by atoms with E-state index in [9.17, 15) is 26.7 Å². The second-order valence-electron chi connectivity index (χ2n) is 4.16. The summed E-state index contributed by atoms with van der Waals surface area (Å²) in [4.78, 5) is 11.0. The van der Waals surface area contributed by atoms with Gasteiger partial charge in [-0.05, 0) is 19.3 Å². The Morgan fingerprint density at radius 1 is 1.05 bits per heavy atom. The molecule has 0 aromatic carbocycles. The minimum atomic E-state index is -5.36. The summed E-state index contributed by atoms with van der Waals surface area (Å²) in [5.41, 5.74) is 0. The van der Waals surface area contributed by atoms with Crippen LogP contribution in [0, 0.1) is 0 Å². The lowest BCUT2D eigenvalue weighted by Crippen LogP contribution is -2.19. The Morgan fingerprint density at radius 3 is 2.10 bits per heavy atom. The molecule has 0 aliphatic carbocycles. The molecule has 0 aromatic heterocycles. The number of rotatable bonds is 9. The van der Waals surface area contributed by atoms with E-state index >= 15 is 0 Å². The van der Waals surface area contributed by atoms with Crippen molar-refractivity contribution in [1.82, 2.24) is 0 Å². The predicted octanol–water partition coefficient (Wildman–Crippen LogP) is 5.12. The van der Waals surface area contributed by atoms with Gasteiger partial charge in [0.05, 0.1) is 0 Å². The van der Waals surface area contributed by atoms with Gasteiger partial charge in [0.25, 0.3) is 5.76 Å². The molecule has 116 valence electrons. The van der Waals surface area contributed by atoms with Crippen LogP contribution in [0.2, 0.25) is 0 Å². The maximum atomic E-state index is 12.1. The number of carbonyl (C=O) groups excluding carboxylic acids is 1. The molecular weight excluding hydrogens is 283 g/mol. The molecule has 0 amide bonds. The molecule has 0 heterocycles. The van der Waals surface area contributed by atoms with E-state index < -0.39 is 24.0 Å². The molecule has 0 aliphatic heterocycles. The van der Waals surface area contributed by atoms with E-state index in [0.717, 1.165) is 25.7 Å². The molecule has 0 N–H and O–H groups in total. The van der Waals surface area contributed by atoms with Crippen LogP contribution < -0.4 is 0 Å². The molecule has 0 aliphatic rings. The molecule has 20 heavy (non-hydrogen) atoms. The van der Waals surface area contributed by atoms with Crippen LogP contribution in [0.5, 0.6) is 0 Å². The lowest BCUT2D eigenvalue weighted by atomic mass is 10.1. The number of hydrogen-bond donors (Lipinski definition) is 0. The average Bonchev–Trinajstić information content (AvgIpc) is 2.33. The molecule has 0 radical (unpaired) electrons. The molecule has 2 nitrogen and oxygen atoms in total. The number of ether oxygens (including phenoxy) is 1. The van der Waals surface area contributed by atoms with Gasteiger partial charge in [0.2, 0.25) is 0 Å². The van der Waals surface area contributed by atoms with Gasteiger partial charge < -0.3 is 4.74 Å². The lowest BCUT2D eigenvalue weighted by molar-refractivity contribution is -0.163. The Morgan fingerprint density at radius 2 is 1.60 bits per heavy atom.